The van der Waals surface area contributed by atoms with E-state index < -0.39 is 12.0 Å². The van der Waals surface area contributed by atoms with Gasteiger partial charge < -0.3 is 14.2 Å². The van der Waals surface area contributed by atoms with Crippen LogP contribution < -0.4 is 24.4 Å². The summed E-state index contributed by atoms with van der Waals surface area (Å²) < 4.78 is 18.6. The zero-order chi connectivity index (χ0) is 25.8. The molecule has 0 amide bonds. The predicted octanol–water partition coefficient (Wildman–Crippen LogP) is 3.47. The molecule has 1 aliphatic rings. The molecule has 0 bridgehead atoms. The molecule has 3 aromatic rings. The summed E-state index contributed by atoms with van der Waals surface area (Å²) in [5, 5.41) is 8.82. The van der Waals surface area contributed by atoms with Gasteiger partial charge >= 0.3 is 5.97 Å². The maximum atomic E-state index is 13.7. The van der Waals surface area contributed by atoms with E-state index >= 15 is 0 Å². The number of hydrogen-bond acceptors (Lipinski definition) is 8. The Morgan fingerprint density at radius 1 is 1.25 bits per heavy atom. The second-order valence-electron chi connectivity index (χ2n) is 7.67. The van der Waals surface area contributed by atoms with Gasteiger partial charge in [0.2, 0.25) is 0 Å². The number of methoxy groups -OCH3 is 2. The number of carbonyl (C=O) groups is 1. The Morgan fingerprint density at radius 3 is 2.64 bits per heavy atom. The number of thiazole rings is 1. The van der Waals surface area contributed by atoms with E-state index in [9.17, 15) is 9.59 Å². The van der Waals surface area contributed by atoms with Gasteiger partial charge in [0.25, 0.3) is 5.56 Å². The van der Waals surface area contributed by atoms with Gasteiger partial charge in [-0.25, -0.2) is 9.79 Å². The molecule has 0 aliphatic carbocycles. The lowest BCUT2D eigenvalue weighted by Gasteiger charge is -2.25. The van der Waals surface area contributed by atoms with Crippen LogP contribution in [0.4, 0.5) is 0 Å². The Labute approximate surface area is 219 Å². The van der Waals surface area contributed by atoms with E-state index in [1.807, 2.05) is 43.3 Å². The number of nitrogens with zero attached hydrogens (tertiary/aromatic N) is 3. The van der Waals surface area contributed by atoms with Crippen molar-refractivity contribution in [1.82, 2.24) is 4.57 Å². The lowest BCUT2D eigenvalue weighted by Crippen LogP contribution is -2.40. The Balaban J connectivity index is 1.94. The van der Waals surface area contributed by atoms with Crippen LogP contribution in [0.2, 0.25) is 0 Å². The SMILES string of the molecule is CCC1=C(C(=O)OC)[C@@H](c2ccccc2)n2c(s/c(=C\c3cc(OC)c(OCC#N)cc3Br)c2=O)=N1. The summed E-state index contributed by atoms with van der Waals surface area (Å²) in [6.45, 7) is 1.79. The summed E-state index contributed by atoms with van der Waals surface area (Å²) in [6, 6.07) is 14.1. The minimum Gasteiger partial charge on any atom is -0.493 e. The van der Waals surface area contributed by atoms with E-state index in [4.69, 9.17) is 19.5 Å². The first-order valence-corrected chi connectivity index (χ1v) is 12.6. The van der Waals surface area contributed by atoms with E-state index in [0.717, 1.165) is 5.56 Å². The fraction of sp³-hybridized carbons (Fsp3) is 0.231. The fourth-order valence-corrected chi connectivity index (χ4v) is 5.45. The van der Waals surface area contributed by atoms with Crippen LogP contribution in [0.5, 0.6) is 11.5 Å². The second-order valence-corrected chi connectivity index (χ2v) is 9.53. The molecule has 1 aliphatic heterocycles. The lowest BCUT2D eigenvalue weighted by atomic mass is 9.95. The van der Waals surface area contributed by atoms with Crippen LogP contribution in [-0.4, -0.2) is 31.4 Å². The van der Waals surface area contributed by atoms with Gasteiger partial charge in [-0.3, -0.25) is 9.36 Å². The van der Waals surface area contributed by atoms with Crippen molar-refractivity contribution in [3.63, 3.8) is 0 Å². The van der Waals surface area contributed by atoms with Crippen LogP contribution in [0.15, 0.2) is 68.0 Å². The molecule has 0 N–H and O–H groups in total. The van der Waals surface area contributed by atoms with Gasteiger partial charge in [-0.15, -0.1) is 0 Å². The van der Waals surface area contributed by atoms with Crippen molar-refractivity contribution >= 4 is 39.3 Å². The molecule has 2 aromatic carbocycles. The van der Waals surface area contributed by atoms with Crippen LogP contribution >= 0.6 is 27.3 Å². The largest absolute Gasteiger partial charge is 0.493 e. The van der Waals surface area contributed by atoms with Crippen molar-refractivity contribution in [2.45, 2.75) is 19.4 Å². The van der Waals surface area contributed by atoms with Crippen LogP contribution in [0.25, 0.3) is 6.08 Å². The van der Waals surface area contributed by atoms with Gasteiger partial charge in [0, 0.05) is 4.47 Å². The van der Waals surface area contributed by atoms with E-state index in [0.29, 0.717) is 48.6 Å². The number of allylic oxidation sites excluding steroid dienone is 1. The quantitative estimate of drug-likeness (QED) is 0.405. The molecule has 0 fully saturated rings. The van der Waals surface area contributed by atoms with E-state index in [2.05, 4.69) is 20.9 Å². The van der Waals surface area contributed by atoms with Crippen molar-refractivity contribution in [3.05, 3.63) is 89.0 Å². The summed E-state index contributed by atoms with van der Waals surface area (Å²) in [4.78, 5) is 31.7. The van der Waals surface area contributed by atoms with E-state index in [1.165, 1.54) is 25.6 Å². The zero-order valence-electron chi connectivity index (χ0n) is 19.8. The van der Waals surface area contributed by atoms with Gasteiger partial charge in [-0.1, -0.05) is 64.5 Å². The first kappa shape index (κ1) is 25.4. The number of carbonyl (C=O) groups excluding carboxylic acids is 1. The van der Waals surface area contributed by atoms with Crippen LogP contribution in [-0.2, 0) is 9.53 Å². The van der Waals surface area contributed by atoms with Gasteiger partial charge in [-0.2, -0.15) is 5.26 Å². The molecule has 0 unspecified atom stereocenters. The lowest BCUT2D eigenvalue weighted by molar-refractivity contribution is -0.136. The number of aromatic nitrogens is 1. The average molecular weight is 568 g/mol. The predicted molar refractivity (Wildman–Crippen MR) is 139 cm³/mol. The third-order valence-corrected chi connectivity index (χ3v) is 7.30. The fourth-order valence-electron chi connectivity index (χ4n) is 4.00. The van der Waals surface area contributed by atoms with Gasteiger partial charge in [0.05, 0.1) is 36.1 Å². The Bertz CT molecular complexity index is 1570. The second kappa shape index (κ2) is 10.9. The molecule has 8 nitrogen and oxygen atoms in total. The molecular weight excluding hydrogens is 546 g/mol. The Hall–Kier alpha value is -3.68. The number of benzene rings is 2. The molecule has 10 heteroatoms. The smallest absolute Gasteiger partial charge is 0.338 e. The summed E-state index contributed by atoms with van der Waals surface area (Å²) in [6.07, 6.45) is 2.24. The topological polar surface area (TPSA) is 103 Å². The molecule has 0 spiro atoms. The maximum absolute atomic E-state index is 13.7. The molecule has 184 valence electrons. The van der Waals surface area contributed by atoms with Gasteiger partial charge in [-0.05, 0) is 35.8 Å². The third kappa shape index (κ3) is 4.72. The van der Waals surface area contributed by atoms with Crippen molar-refractivity contribution < 1.29 is 19.0 Å². The van der Waals surface area contributed by atoms with Crippen molar-refractivity contribution in [3.8, 4) is 17.6 Å². The van der Waals surface area contributed by atoms with E-state index in [-0.39, 0.29) is 12.2 Å². The van der Waals surface area contributed by atoms with E-state index in [1.54, 1.807) is 22.8 Å². The molecule has 4 rings (SSSR count). The molecule has 0 radical (unpaired) electrons. The highest BCUT2D eigenvalue weighted by molar-refractivity contribution is 9.10. The maximum Gasteiger partial charge on any atom is 0.338 e. The Morgan fingerprint density at radius 2 is 2.00 bits per heavy atom. The number of hydrogen-bond donors (Lipinski definition) is 0. The van der Waals surface area contributed by atoms with Crippen LogP contribution in [0.1, 0.15) is 30.5 Å². The Kier molecular flexibility index (Phi) is 7.72. The number of nitriles is 1. The molecule has 2 heterocycles. The van der Waals surface area contributed by atoms with Crippen molar-refractivity contribution in [2.75, 3.05) is 20.8 Å². The standard InChI is InChI=1S/C26H22BrN3O5S/c1-4-18-22(25(32)34-3)23(15-8-6-5-7-9-15)30-24(31)21(36-26(30)29-18)13-16-12-19(33-2)20(14-17(16)27)35-11-10-28/h5-9,12-14,23H,4,11H2,1-3H3/b21-13-/t23-/m1/s1. The number of esters is 1. The van der Waals surface area contributed by atoms with Crippen LogP contribution in [0.3, 0.4) is 0 Å². The summed E-state index contributed by atoms with van der Waals surface area (Å²) in [7, 11) is 2.82. The number of halogens is 1. The monoisotopic (exact) mass is 567 g/mol. The van der Waals surface area contributed by atoms with Crippen LogP contribution in [0, 0.1) is 11.3 Å². The van der Waals surface area contributed by atoms with Gasteiger partial charge in [0.1, 0.15) is 6.07 Å². The number of fused-ring (bicyclic) bond motifs is 1. The average Bonchev–Trinajstić information content (AvgIpc) is 3.21. The molecular formula is C26H22BrN3O5S. The first-order valence-electron chi connectivity index (χ1n) is 11.0. The summed E-state index contributed by atoms with van der Waals surface area (Å²) >= 11 is 4.76. The van der Waals surface area contributed by atoms with Crippen molar-refractivity contribution in [2.24, 2.45) is 4.99 Å². The molecule has 0 saturated carbocycles. The normalized spacial score (nSPS) is 15.1. The number of ether oxygens (including phenoxy) is 3. The van der Waals surface area contributed by atoms with Gasteiger partial charge in [0.15, 0.2) is 22.9 Å². The zero-order valence-corrected chi connectivity index (χ0v) is 22.2. The minimum atomic E-state index is -0.660. The minimum absolute atomic E-state index is 0.122. The highest BCUT2D eigenvalue weighted by atomic mass is 79.9. The van der Waals surface area contributed by atoms with Crippen molar-refractivity contribution in [1.29, 1.82) is 5.26 Å². The highest BCUT2D eigenvalue weighted by Crippen LogP contribution is 2.34. The summed E-state index contributed by atoms with van der Waals surface area (Å²) in [5.74, 6) is 0.318. The molecule has 36 heavy (non-hydrogen) atoms. The highest BCUT2D eigenvalue weighted by Gasteiger charge is 2.33. The molecule has 1 atom stereocenters. The third-order valence-electron chi connectivity index (χ3n) is 5.63. The summed E-state index contributed by atoms with van der Waals surface area (Å²) in [5.41, 5.74) is 2.13. The first-order chi connectivity index (χ1) is 17.4. The molecule has 0 saturated heterocycles. The molecule has 1 aromatic heterocycles. The number of rotatable bonds is 7.